The van der Waals surface area contributed by atoms with Crippen molar-refractivity contribution in [2.75, 3.05) is 5.32 Å². The van der Waals surface area contributed by atoms with Crippen molar-refractivity contribution in [1.82, 2.24) is 0 Å². The van der Waals surface area contributed by atoms with E-state index >= 15 is 0 Å². The van der Waals surface area contributed by atoms with Gasteiger partial charge in [-0.1, -0.05) is 62.6 Å². The number of aryl methyl sites for hydroxylation is 1. The summed E-state index contributed by atoms with van der Waals surface area (Å²) in [6, 6.07) is 21.8. The molecular weight excluding hydrogens is 444 g/mol. The third-order valence-electron chi connectivity index (χ3n) is 5.22. The molecule has 5 rings (SSSR count). The maximum atomic E-state index is 6.33. The van der Waals surface area contributed by atoms with Crippen LogP contribution in [0.25, 0.3) is 11.1 Å². The minimum Gasteiger partial charge on any atom is -0.455 e. The fraction of sp³-hybridized carbons (Fsp3) is 0.160. The third kappa shape index (κ3) is 3.89. The van der Waals surface area contributed by atoms with Gasteiger partial charge in [-0.3, -0.25) is 0 Å². The molecule has 0 saturated carbocycles. The van der Waals surface area contributed by atoms with Crippen LogP contribution in [0, 0.1) is 6.92 Å². The summed E-state index contributed by atoms with van der Waals surface area (Å²) in [7, 11) is 3.46. The van der Waals surface area contributed by atoms with Gasteiger partial charge in [-0.15, -0.1) is 0 Å². The number of hydrogen-bond donors (Lipinski definition) is 1. The second-order valence-corrected chi connectivity index (χ2v) is 10.7. The minimum absolute atomic E-state index is 0.164. The van der Waals surface area contributed by atoms with Crippen LogP contribution in [0.2, 0.25) is 5.02 Å². The number of para-hydroxylation sites is 1. The lowest BCUT2D eigenvalue weighted by atomic mass is 9.89. The zero-order valence-corrected chi connectivity index (χ0v) is 19.8. The summed E-state index contributed by atoms with van der Waals surface area (Å²) in [5.74, 6) is 1.45. The van der Waals surface area contributed by atoms with E-state index in [1.165, 1.54) is 21.6 Å². The van der Waals surface area contributed by atoms with Crippen molar-refractivity contribution in [2.45, 2.75) is 26.3 Å². The maximum absolute atomic E-state index is 6.33. The van der Waals surface area contributed by atoms with Crippen molar-refractivity contribution in [3.63, 3.8) is 0 Å². The Kier molecular flexibility index (Phi) is 5.13. The Hall–Kier alpha value is -2.60. The van der Waals surface area contributed by atoms with Gasteiger partial charge in [-0.05, 0) is 62.7 Å². The van der Waals surface area contributed by atoms with Crippen LogP contribution in [0.4, 0.5) is 11.4 Å². The number of nitrogens with one attached hydrogen (secondary N) is 1. The van der Waals surface area contributed by atoms with Crippen molar-refractivity contribution >= 4 is 43.7 Å². The van der Waals surface area contributed by atoms with Crippen LogP contribution < -0.4 is 14.7 Å². The lowest BCUT2D eigenvalue weighted by molar-refractivity contribution is 0.484. The number of halogens is 1. The zero-order chi connectivity index (χ0) is 21.6. The molecular formula is C25H21ClN2OS2. The highest BCUT2D eigenvalue weighted by atomic mass is 35.5. The first-order valence-electron chi connectivity index (χ1n) is 10.0. The van der Waals surface area contributed by atoms with Gasteiger partial charge in [0, 0.05) is 21.8 Å². The van der Waals surface area contributed by atoms with Gasteiger partial charge < -0.3 is 10.1 Å². The molecule has 6 heteroatoms. The molecule has 3 aromatic carbocycles. The first kappa shape index (κ1) is 20.3. The minimum atomic E-state index is -0.164. The second-order valence-electron chi connectivity index (χ2n) is 8.11. The van der Waals surface area contributed by atoms with E-state index in [1.807, 2.05) is 48.5 Å². The predicted molar refractivity (Wildman–Crippen MR) is 132 cm³/mol. The summed E-state index contributed by atoms with van der Waals surface area (Å²) >= 11 is 6.33. The molecule has 1 aromatic heterocycles. The standard InChI is InChI=1S/C25H21ClN2OS2/c1-15-9-11-18-19(13-15)28-25(2,3)23-22(18)24(31-30-23)27-20-14-16(26)10-12-21(20)29-17-7-5-4-6-8-17/h4-14,28H,1-3H3. The van der Waals surface area contributed by atoms with Gasteiger partial charge in [-0.25, -0.2) is 4.99 Å². The fourth-order valence-electron chi connectivity index (χ4n) is 3.75. The van der Waals surface area contributed by atoms with Gasteiger partial charge in [0.2, 0.25) is 0 Å². The van der Waals surface area contributed by atoms with Crippen molar-refractivity contribution < 1.29 is 4.74 Å². The molecule has 4 aromatic rings. The van der Waals surface area contributed by atoms with E-state index in [1.54, 1.807) is 20.7 Å². The lowest BCUT2D eigenvalue weighted by Crippen LogP contribution is -2.31. The largest absolute Gasteiger partial charge is 0.455 e. The zero-order valence-electron chi connectivity index (χ0n) is 17.4. The van der Waals surface area contributed by atoms with Crippen molar-refractivity contribution in [2.24, 2.45) is 4.99 Å². The summed E-state index contributed by atoms with van der Waals surface area (Å²) in [6.45, 7) is 6.55. The van der Waals surface area contributed by atoms with Crippen LogP contribution in [-0.4, -0.2) is 0 Å². The van der Waals surface area contributed by atoms with E-state index < -0.39 is 0 Å². The number of fused-ring (bicyclic) bond motifs is 3. The molecule has 0 unspecified atom stereocenters. The maximum Gasteiger partial charge on any atom is 0.153 e. The van der Waals surface area contributed by atoms with E-state index in [2.05, 4.69) is 44.3 Å². The lowest BCUT2D eigenvalue weighted by Gasteiger charge is -2.33. The van der Waals surface area contributed by atoms with Crippen LogP contribution >= 0.6 is 32.3 Å². The van der Waals surface area contributed by atoms with Gasteiger partial charge >= 0.3 is 0 Å². The fourth-order valence-corrected chi connectivity index (χ4v) is 6.85. The Labute approximate surface area is 194 Å². The topological polar surface area (TPSA) is 33.6 Å². The number of hydrogen-bond acceptors (Lipinski definition) is 5. The van der Waals surface area contributed by atoms with Gasteiger partial charge in [0.05, 0.1) is 10.4 Å². The summed E-state index contributed by atoms with van der Waals surface area (Å²) in [4.78, 5) is 6.34. The molecule has 2 heterocycles. The summed E-state index contributed by atoms with van der Waals surface area (Å²) in [6.07, 6.45) is 0. The molecule has 0 aliphatic carbocycles. The molecule has 0 amide bonds. The van der Waals surface area contributed by atoms with Crippen LogP contribution in [0.5, 0.6) is 11.5 Å². The highest BCUT2D eigenvalue weighted by molar-refractivity contribution is 7.68. The van der Waals surface area contributed by atoms with E-state index in [-0.39, 0.29) is 5.54 Å². The second kappa shape index (κ2) is 7.83. The molecule has 0 saturated heterocycles. The predicted octanol–water partition coefficient (Wildman–Crippen LogP) is 8.12. The Morgan fingerprint density at radius 2 is 1.77 bits per heavy atom. The molecule has 156 valence electrons. The molecule has 0 atom stereocenters. The molecule has 1 aliphatic rings. The summed E-state index contributed by atoms with van der Waals surface area (Å²) in [5.41, 5.74) is 5.31. The number of benzene rings is 3. The number of ether oxygens (including phenoxy) is 1. The molecule has 31 heavy (non-hydrogen) atoms. The van der Waals surface area contributed by atoms with Gasteiger partial charge in [0.15, 0.2) is 5.75 Å². The van der Waals surface area contributed by atoms with E-state index in [0.29, 0.717) is 10.8 Å². The van der Waals surface area contributed by atoms with Crippen molar-refractivity contribution in [1.29, 1.82) is 0 Å². The molecule has 0 spiro atoms. The normalized spacial score (nSPS) is 14.5. The van der Waals surface area contributed by atoms with Gasteiger partial charge in [0.25, 0.3) is 0 Å². The quantitative estimate of drug-likeness (QED) is 0.310. The Morgan fingerprint density at radius 1 is 0.968 bits per heavy atom. The summed E-state index contributed by atoms with van der Waals surface area (Å²) in [5, 5.41) is 4.32. The van der Waals surface area contributed by atoms with Crippen LogP contribution in [0.3, 0.4) is 0 Å². The number of nitrogens with zero attached hydrogens (tertiary/aromatic N) is 1. The highest BCUT2D eigenvalue weighted by Gasteiger charge is 2.33. The first-order chi connectivity index (χ1) is 14.9. The molecule has 1 N–H and O–H groups in total. The Balaban J connectivity index is 1.69. The van der Waals surface area contributed by atoms with Crippen LogP contribution in [0.15, 0.2) is 71.7 Å². The average molecular weight is 465 g/mol. The van der Waals surface area contributed by atoms with E-state index in [9.17, 15) is 0 Å². The SMILES string of the molecule is Cc1ccc2c(c1)NC(C)(C)c1ssc(=Nc3cc(Cl)ccc3Oc3ccccc3)c1-2. The monoisotopic (exact) mass is 464 g/mol. The van der Waals surface area contributed by atoms with E-state index in [0.717, 1.165) is 21.8 Å². The molecule has 0 radical (unpaired) electrons. The van der Waals surface area contributed by atoms with E-state index in [4.69, 9.17) is 21.3 Å². The molecule has 1 aliphatic heterocycles. The average Bonchev–Trinajstić information content (AvgIpc) is 3.15. The van der Waals surface area contributed by atoms with Crippen LogP contribution in [0.1, 0.15) is 24.3 Å². The molecule has 0 bridgehead atoms. The van der Waals surface area contributed by atoms with Crippen molar-refractivity contribution in [3.8, 4) is 22.6 Å². The smallest absolute Gasteiger partial charge is 0.153 e. The first-order valence-corrected chi connectivity index (χ1v) is 12.5. The van der Waals surface area contributed by atoms with Crippen molar-refractivity contribution in [3.05, 3.63) is 86.9 Å². The number of anilines is 1. The molecule has 0 fully saturated rings. The highest BCUT2D eigenvalue weighted by Crippen LogP contribution is 2.46. The van der Waals surface area contributed by atoms with Gasteiger partial charge in [0.1, 0.15) is 16.1 Å². The molecule has 3 nitrogen and oxygen atoms in total. The Bertz CT molecular complexity index is 1340. The number of rotatable bonds is 3. The Morgan fingerprint density at radius 3 is 2.58 bits per heavy atom. The van der Waals surface area contributed by atoms with Crippen LogP contribution in [-0.2, 0) is 5.54 Å². The third-order valence-corrected chi connectivity index (χ3v) is 8.09. The summed E-state index contributed by atoms with van der Waals surface area (Å²) < 4.78 is 7.10. The van der Waals surface area contributed by atoms with Gasteiger partial charge in [-0.2, -0.15) is 0 Å².